The maximum Gasteiger partial charge on any atom is 0.327 e. The fraction of sp³-hybridized carbons (Fsp3) is 0.208. The van der Waals surface area contributed by atoms with Gasteiger partial charge < -0.3 is 10.1 Å². The van der Waals surface area contributed by atoms with Crippen molar-refractivity contribution >= 4 is 29.2 Å². The highest BCUT2D eigenvalue weighted by Crippen LogP contribution is 2.48. The smallest absolute Gasteiger partial charge is 0.327 e. The molecule has 5 heteroatoms. The van der Waals surface area contributed by atoms with Gasteiger partial charge >= 0.3 is 6.03 Å². The Bertz CT molecular complexity index is 1000. The number of methoxy groups -OCH3 is 1. The number of hydrogen-bond donors (Lipinski definition) is 1. The van der Waals surface area contributed by atoms with Crippen molar-refractivity contribution in [1.82, 2.24) is 5.32 Å². The van der Waals surface area contributed by atoms with Gasteiger partial charge in [0, 0.05) is 9.79 Å². The van der Waals surface area contributed by atoms with E-state index in [9.17, 15) is 4.79 Å². The standard InChI is InChI=1S/C24H22N2O2S/c1-28-18-14-12-17(13-15-18)23(16-10-11-16)25-24(27)26-19-6-2-4-8-21(19)29-22-9-5-3-7-20(22)26/h2-9,12-16,23H,10-11H2,1H3,(H,25,27)/t23-/m1/s1. The molecule has 0 spiro atoms. The van der Waals surface area contributed by atoms with E-state index in [0.717, 1.165) is 45.3 Å². The molecule has 1 atom stereocenters. The molecular weight excluding hydrogens is 380 g/mol. The lowest BCUT2D eigenvalue weighted by atomic mass is 10.0. The van der Waals surface area contributed by atoms with E-state index in [2.05, 4.69) is 29.6 Å². The number of carbonyl (C=O) groups excluding carboxylic acids is 1. The SMILES string of the molecule is COc1ccc([C@H](NC(=O)N2c3ccccc3Sc3ccccc32)C2CC2)cc1. The van der Waals surface area contributed by atoms with Crippen LogP contribution in [0.25, 0.3) is 0 Å². The van der Waals surface area contributed by atoms with Crippen molar-refractivity contribution in [3.63, 3.8) is 0 Å². The molecule has 4 nitrogen and oxygen atoms in total. The molecule has 146 valence electrons. The van der Waals surface area contributed by atoms with Crippen LogP contribution in [-0.4, -0.2) is 13.1 Å². The maximum atomic E-state index is 13.5. The molecule has 1 aliphatic carbocycles. The number of nitrogens with zero attached hydrogens (tertiary/aromatic N) is 1. The van der Waals surface area contributed by atoms with E-state index in [0.29, 0.717) is 5.92 Å². The summed E-state index contributed by atoms with van der Waals surface area (Å²) in [7, 11) is 1.67. The minimum Gasteiger partial charge on any atom is -0.497 e. The molecule has 1 heterocycles. The van der Waals surface area contributed by atoms with Crippen LogP contribution in [0.15, 0.2) is 82.6 Å². The molecule has 0 aromatic heterocycles. The molecule has 0 unspecified atom stereocenters. The largest absolute Gasteiger partial charge is 0.497 e. The second kappa shape index (κ2) is 7.48. The van der Waals surface area contributed by atoms with Gasteiger partial charge in [-0.15, -0.1) is 0 Å². The average Bonchev–Trinajstić information content (AvgIpc) is 3.61. The molecule has 2 aliphatic rings. The molecule has 1 aliphatic heterocycles. The molecule has 0 radical (unpaired) electrons. The highest BCUT2D eigenvalue weighted by atomic mass is 32.2. The highest BCUT2D eigenvalue weighted by molar-refractivity contribution is 7.99. The molecule has 3 aromatic rings. The number of benzene rings is 3. The molecule has 1 fully saturated rings. The zero-order valence-electron chi connectivity index (χ0n) is 16.2. The summed E-state index contributed by atoms with van der Waals surface area (Å²) >= 11 is 1.71. The zero-order valence-corrected chi connectivity index (χ0v) is 17.0. The van der Waals surface area contributed by atoms with E-state index < -0.39 is 0 Å². The van der Waals surface area contributed by atoms with Crippen molar-refractivity contribution in [3.05, 3.63) is 78.4 Å². The fourth-order valence-corrected chi connectivity index (χ4v) is 4.89. The van der Waals surface area contributed by atoms with Crippen molar-refractivity contribution in [3.8, 4) is 5.75 Å². The van der Waals surface area contributed by atoms with Crippen LogP contribution in [0.5, 0.6) is 5.75 Å². The minimum absolute atomic E-state index is 0.00214. The second-order valence-corrected chi connectivity index (χ2v) is 8.49. The van der Waals surface area contributed by atoms with Gasteiger partial charge in [-0.1, -0.05) is 48.2 Å². The van der Waals surface area contributed by atoms with Gasteiger partial charge in [-0.2, -0.15) is 0 Å². The Balaban J connectivity index is 1.48. The van der Waals surface area contributed by atoms with E-state index in [4.69, 9.17) is 4.74 Å². The highest BCUT2D eigenvalue weighted by Gasteiger charge is 2.36. The first-order valence-corrected chi connectivity index (χ1v) is 10.7. The number of para-hydroxylation sites is 2. The number of amides is 2. The average molecular weight is 403 g/mol. The first-order chi connectivity index (χ1) is 14.2. The fourth-order valence-electron chi connectivity index (χ4n) is 3.84. The Morgan fingerprint density at radius 3 is 2.10 bits per heavy atom. The third-order valence-corrected chi connectivity index (χ3v) is 6.61. The van der Waals surface area contributed by atoms with Gasteiger partial charge in [0.1, 0.15) is 5.75 Å². The van der Waals surface area contributed by atoms with Crippen molar-refractivity contribution in [2.75, 3.05) is 12.0 Å². The summed E-state index contributed by atoms with van der Waals surface area (Å²) in [5.41, 5.74) is 2.98. The number of ether oxygens (including phenoxy) is 1. The van der Waals surface area contributed by atoms with Crippen LogP contribution in [0, 0.1) is 5.92 Å². The summed E-state index contributed by atoms with van der Waals surface area (Å²) in [6.07, 6.45) is 2.28. The quantitative estimate of drug-likeness (QED) is 0.568. The number of fused-ring (bicyclic) bond motifs is 2. The van der Waals surface area contributed by atoms with Crippen molar-refractivity contribution in [2.24, 2.45) is 5.92 Å². The number of anilines is 2. The van der Waals surface area contributed by atoms with E-state index in [-0.39, 0.29) is 12.1 Å². The van der Waals surface area contributed by atoms with E-state index >= 15 is 0 Å². The number of urea groups is 1. The zero-order chi connectivity index (χ0) is 19.8. The molecule has 1 N–H and O–H groups in total. The summed E-state index contributed by atoms with van der Waals surface area (Å²) in [4.78, 5) is 17.5. The lowest BCUT2D eigenvalue weighted by Gasteiger charge is -2.32. The maximum absolute atomic E-state index is 13.5. The molecule has 3 aromatic carbocycles. The minimum atomic E-state index is -0.0853. The molecule has 5 rings (SSSR count). The Labute approximate surface area is 174 Å². The van der Waals surface area contributed by atoms with Crippen LogP contribution in [0.1, 0.15) is 24.4 Å². The summed E-state index contributed by atoms with van der Waals surface area (Å²) in [6, 6.07) is 24.1. The Hall–Kier alpha value is -2.92. The van der Waals surface area contributed by atoms with Crippen molar-refractivity contribution < 1.29 is 9.53 Å². The number of rotatable bonds is 4. The molecule has 1 saturated carbocycles. The first-order valence-electron chi connectivity index (χ1n) is 9.85. The second-order valence-electron chi connectivity index (χ2n) is 7.41. The number of hydrogen-bond acceptors (Lipinski definition) is 3. The van der Waals surface area contributed by atoms with Gasteiger partial charge in [0.25, 0.3) is 0 Å². The first kappa shape index (κ1) is 18.1. The van der Waals surface area contributed by atoms with Gasteiger partial charge in [-0.05, 0) is 60.7 Å². The van der Waals surface area contributed by atoms with Crippen LogP contribution in [0.2, 0.25) is 0 Å². The third-order valence-electron chi connectivity index (χ3n) is 5.48. The summed E-state index contributed by atoms with van der Waals surface area (Å²) in [5.74, 6) is 1.31. The Kier molecular flexibility index (Phi) is 4.68. The monoisotopic (exact) mass is 402 g/mol. The summed E-state index contributed by atoms with van der Waals surface area (Å²) in [5, 5.41) is 3.32. The van der Waals surface area contributed by atoms with Gasteiger partial charge in [0.15, 0.2) is 0 Å². The van der Waals surface area contributed by atoms with Crippen LogP contribution >= 0.6 is 11.8 Å². The molecular formula is C24H22N2O2S. The summed E-state index contributed by atoms with van der Waals surface area (Å²) in [6.45, 7) is 0. The van der Waals surface area contributed by atoms with E-state index in [1.807, 2.05) is 53.4 Å². The molecule has 0 bridgehead atoms. The topological polar surface area (TPSA) is 41.6 Å². The van der Waals surface area contributed by atoms with Crippen LogP contribution in [0.3, 0.4) is 0 Å². The van der Waals surface area contributed by atoms with Crippen molar-refractivity contribution in [1.29, 1.82) is 0 Å². The summed E-state index contributed by atoms with van der Waals surface area (Å²) < 4.78 is 5.28. The number of carbonyl (C=O) groups is 1. The number of nitrogens with one attached hydrogen (secondary N) is 1. The predicted molar refractivity (Wildman–Crippen MR) is 116 cm³/mol. The molecule has 2 amide bonds. The van der Waals surface area contributed by atoms with Crippen LogP contribution in [-0.2, 0) is 0 Å². The van der Waals surface area contributed by atoms with Crippen molar-refractivity contribution in [2.45, 2.75) is 28.7 Å². The van der Waals surface area contributed by atoms with Crippen LogP contribution < -0.4 is 15.0 Å². The van der Waals surface area contributed by atoms with E-state index in [1.54, 1.807) is 18.9 Å². The van der Waals surface area contributed by atoms with Gasteiger partial charge in [0.05, 0.1) is 24.5 Å². The van der Waals surface area contributed by atoms with Gasteiger partial charge in [0.2, 0.25) is 0 Å². The van der Waals surface area contributed by atoms with Gasteiger partial charge in [-0.25, -0.2) is 4.79 Å². The Morgan fingerprint density at radius 1 is 0.966 bits per heavy atom. The van der Waals surface area contributed by atoms with Crippen LogP contribution in [0.4, 0.5) is 16.2 Å². The Morgan fingerprint density at radius 2 is 1.55 bits per heavy atom. The molecule has 29 heavy (non-hydrogen) atoms. The normalized spacial score (nSPS) is 15.8. The van der Waals surface area contributed by atoms with E-state index in [1.165, 1.54) is 0 Å². The third kappa shape index (κ3) is 3.47. The lowest BCUT2D eigenvalue weighted by Crippen LogP contribution is -2.40. The molecule has 0 saturated heterocycles. The lowest BCUT2D eigenvalue weighted by molar-refractivity contribution is 0.243. The van der Waals surface area contributed by atoms with Gasteiger partial charge in [-0.3, -0.25) is 4.90 Å². The predicted octanol–water partition coefficient (Wildman–Crippen LogP) is 6.16.